The molecule has 5 rings (SSSR count). The van der Waals surface area contributed by atoms with Gasteiger partial charge in [-0.15, -0.1) is 0 Å². The van der Waals surface area contributed by atoms with Gasteiger partial charge in [-0.3, -0.25) is 9.78 Å². The Labute approximate surface area is 211 Å². The van der Waals surface area contributed by atoms with Crippen LogP contribution in [0.4, 0.5) is 5.69 Å². The number of aromatic nitrogens is 1. The monoisotopic (exact) mass is 476 g/mol. The predicted molar refractivity (Wildman–Crippen MR) is 142 cm³/mol. The summed E-state index contributed by atoms with van der Waals surface area (Å²) >= 11 is 0. The van der Waals surface area contributed by atoms with Gasteiger partial charge >= 0.3 is 0 Å². The normalized spacial score (nSPS) is 15.9. The molecule has 0 aliphatic heterocycles. The molecule has 1 N–H and O–H groups in total. The van der Waals surface area contributed by atoms with E-state index in [9.17, 15) is 4.79 Å². The molecule has 5 heteroatoms. The van der Waals surface area contributed by atoms with Crippen molar-refractivity contribution in [2.24, 2.45) is 5.92 Å². The zero-order chi connectivity index (χ0) is 25.0. The minimum Gasteiger partial charge on any atom is -0.497 e. The van der Waals surface area contributed by atoms with Crippen LogP contribution >= 0.6 is 0 Å². The second-order valence-electron chi connectivity index (χ2n) is 8.91. The van der Waals surface area contributed by atoms with Gasteiger partial charge in [-0.05, 0) is 83.1 Å². The lowest BCUT2D eigenvalue weighted by Gasteiger charge is -2.19. The number of ether oxygens (including phenoxy) is 2. The number of anilines is 1. The third-order valence-electron chi connectivity index (χ3n) is 6.85. The van der Waals surface area contributed by atoms with Crippen molar-refractivity contribution in [3.63, 3.8) is 0 Å². The van der Waals surface area contributed by atoms with Crippen LogP contribution in [0, 0.1) is 5.92 Å². The standard InChI is InChI=1S/C31H28N2O3/c1-35-28-14-7-24(8-15-28)31(25-9-16-29(36-2)17-10-25)20-26(31)11-18-30(34)33-27-12-5-22(6-13-27)23-4-3-19-32-21-23/h3-19,21,26H,20H2,1-2H3,(H,33,34)/b18-11+/t26-/m1/s1. The minimum atomic E-state index is -0.180. The van der Waals surface area contributed by atoms with Crippen LogP contribution in [-0.2, 0) is 10.2 Å². The Balaban J connectivity index is 1.31. The highest BCUT2D eigenvalue weighted by Crippen LogP contribution is 2.59. The topological polar surface area (TPSA) is 60.5 Å². The molecule has 1 heterocycles. The van der Waals surface area contributed by atoms with Crippen molar-refractivity contribution in [2.45, 2.75) is 11.8 Å². The molecule has 1 atom stereocenters. The smallest absolute Gasteiger partial charge is 0.248 e. The van der Waals surface area contributed by atoms with Crippen molar-refractivity contribution >= 4 is 11.6 Å². The van der Waals surface area contributed by atoms with E-state index >= 15 is 0 Å². The first-order chi connectivity index (χ1) is 17.6. The molecule has 0 spiro atoms. The van der Waals surface area contributed by atoms with Gasteiger partial charge in [-0.1, -0.05) is 48.5 Å². The van der Waals surface area contributed by atoms with Crippen molar-refractivity contribution in [2.75, 3.05) is 19.5 Å². The Bertz CT molecular complexity index is 1300. The summed E-state index contributed by atoms with van der Waals surface area (Å²) in [7, 11) is 3.34. The van der Waals surface area contributed by atoms with Gasteiger partial charge in [-0.25, -0.2) is 0 Å². The van der Waals surface area contributed by atoms with Crippen LogP contribution in [0.25, 0.3) is 11.1 Å². The maximum absolute atomic E-state index is 12.7. The van der Waals surface area contributed by atoms with Crippen LogP contribution in [0.15, 0.2) is 109 Å². The molecule has 1 aliphatic rings. The fraction of sp³-hybridized carbons (Fsp3) is 0.161. The summed E-state index contributed by atoms with van der Waals surface area (Å²) in [6.45, 7) is 0. The number of amides is 1. The Morgan fingerprint density at radius 2 is 1.47 bits per heavy atom. The number of carbonyl (C=O) groups is 1. The van der Waals surface area contributed by atoms with Gasteiger partial charge in [-0.2, -0.15) is 0 Å². The second-order valence-corrected chi connectivity index (χ2v) is 8.91. The Hall–Kier alpha value is -4.38. The highest BCUT2D eigenvalue weighted by molar-refractivity contribution is 5.99. The number of methoxy groups -OCH3 is 2. The summed E-state index contributed by atoms with van der Waals surface area (Å²) in [5.74, 6) is 1.71. The first kappa shape index (κ1) is 23.4. The van der Waals surface area contributed by atoms with Gasteiger partial charge in [0.2, 0.25) is 5.91 Å². The van der Waals surface area contributed by atoms with Crippen molar-refractivity contribution < 1.29 is 14.3 Å². The van der Waals surface area contributed by atoms with Crippen LogP contribution in [0.5, 0.6) is 11.5 Å². The number of hydrogen-bond donors (Lipinski definition) is 1. The molecule has 0 saturated heterocycles. The molecule has 0 bridgehead atoms. The summed E-state index contributed by atoms with van der Waals surface area (Å²) in [5, 5.41) is 2.97. The van der Waals surface area contributed by atoms with Crippen molar-refractivity contribution in [1.29, 1.82) is 0 Å². The quantitative estimate of drug-likeness (QED) is 0.305. The second kappa shape index (κ2) is 10.1. The van der Waals surface area contributed by atoms with E-state index in [4.69, 9.17) is 9.47 Å². The molecule has 1 amide bonds. The van der Waals surface area contributed by atoms with Crippen LogP contribution in [-0.4, -0.2) is 25.1 Å². The number of carbonyl (C=O) groups excluding carboxylic acids is 1. The van der Waals surface area contributed by atoms with Gasteiger partial charge in [0.05, 0.1) is 14.2 Å². The predicted octanol–water partition coefficient (Wildman–Crippen LogP) is 6.27. The number of nitrogens with zero attached hydrogens (tertiary/aromatic N) is 1. The average Bonchev–Trinajstić information content (AvgIpc) is 3.68. The van der Waals surface area contributed by atoms with Gasteiger partial charge in [0, 0.05) is 23.5 Å². The van der Waals surface area contributed by atoms with Crippen LogP contribution in [0.2, 0.25) is 0 Å². The average molecular weight is 477 g/mol. The number of benzene rings is 3. The lowest BCUT2D eigenvalue weighted by Crippen LogP contribution is -2.12. The SMILES string of the molecule is COc1ccc(C2(c3ccc(OC)cc3)C[C@H]2/C=C/C(=O)Nc2ccc(-c3cccnc3)cc2)cc1. The maximum atomic E-state index is 12.7. The van der Waals surface area contributed by atoms with E-state index in [2.05, 4.69) is 34.6 Å². The van der Waals surface area contributed by atoms with Crippen LogP contribution in [0.3, 0.4) is 0 Å². The molecule has 36 heavy (non-hydrogen) atoms. The van der Waals surface area contributed by atoms with Crippen LogP contribution < -0.4 is 14.8 Å². The molecular formula is C31H28N2O3. The summed E-state index contributed by atoms with van der Waals surface area (Å²) in [5.41, 5.74) is 5.07. The molecule has 1 aromatic heterocycles. The molecule has 1 fully saturated rings. The molecule has 4 aromatic rings. The molecular weight excluding hydrogens is 448 g/mol. The molecule has 5 nitrogen and oxygen atoms in total. The molecule has 1 saturated carbocycles. The molecule has 180 valence electrons. The van der Waals surface area contributed by atoms with Crippen LogP contribution in [0.1, 0.15) is 17.5 Å². The highest BCUT2D eigenvalue weighted by Gasteiger charge is 2.55. The van der Waals surface area contributed by atoms with E-state index in [0.717, 1.165) is 34.7 Å². The van der Waals surface area contributed by atoms with E-state index in [1.165, 1.54) is 11.1 Å². The van der Waals surface area contributed by atoms with Gasteiger partial charge in [0.25, 0.3) is 0 Å². The van der Waals surface area contributed by atoms with Crippen molar-refractivity contribution in [3.05, 3.63) is 121 Å². The molecule has 0 unspecified atom stereocenters. The van der Waals surface area contributed by atoms with E-state index in [-0.39, 0.29) is 17.2 Å². The first-order valence-corrected chi connectivity index (χ1v) is 11.9. The first-order valence-electron chi connectivity index (χ1n) is 11.9. The number of pyridine rings is 1. The largest absolute Gasteiger partial charge is 0.497 e. The summed E-state index contributed by atoms with van der Waals surface area (Å²) < 4.78 is 10.7. The van der Waals surface area contributed by atoms with Crippen molar-refractivity contribution in [3.8, 4) is 22.6 Å². The molecule has 0 radical (unpaired) electrons. The third-order valence-corrected chi connectivity index (χ3v) is 6.85. The Morgan fingerprint density at radius 3 is 2.00 bits per heavy atom. The molecule has 3 aromatic carbocycles. The number of rotatable bonds is 8. The third kappa shape index (κ3) is 4.73. The fourth-order valence-corrected chi connectivity index (χ4v) is 4.79. The zero-order valence-electron chi connectivity index (χ0n) is 20.3. The lowest BCUT2D eigenvalue weighted by atomic mass is 9.85. The molecule has 1 aliphatic carbocycles. The highest BCUT2D eigenvalue weighted by atomic mass is 16.5. The van der Waals surface area contributed by atoms with Gasteiger partial charge < -0.3 is 14.8 Å². The lowest BCUT2D eigenvalue weighted by molar-refractivity contribution is -0.111. The van der Waals surface area contributed by atoms with E-state index in [1.807, 2.05) is 72.9 Å². The number of nitrogens with one attached hydrogen (secondary N) is 1. The zero-order valence-corrected chi connectivity index (χ0v) is 20.3. The van der Waals surface area contributed by atoms with Gasteiger partial charge in [0.1, 0.15) is 11.5 Å². The Kier molecular flexibility index (Phi) is 6.54. The fourth-order valence-electron chi connectivity index (χ4n) is 4.79. The van der Waals surface area contributed by atoms with Crippen molar-refractivity contribution in [1.82, 2.24) is 4.98 Å². The summed E-state index contributed by atoms with van der Waals surface area (Å²) in [6, 6.07) is 28.1. The number of allylic oxidation sites excluding steroid dienone is 1. The summed E-state index contributed by atoms with van der Waals surface area (Å²) in [4.78, 5) is 16.9. The van der Waals surface area contributed by atoms with E-state index < -0.39 is 0 Å². The van der Waals surface area contributed by atoms with Gasteiger partial charge in [0.15, 0.2) is 0 Å². The summed E-state index contributed by atoms with van der Waals surface area (Å²) in [6.07, 6.45) is 8.17. The van der Waals surface area contributed by atoms with E-state index in [0.29, 0.717) is 0 Å². The Morgan fingerprint density at radius 1 is 0.861 bits per heavy atom. The minimum absolute atomic E-state index is 0.144. The van der Waals surface area contributed by atoms with E-state index in [1.54, 1.807) is 26.5 Å². The maximum Gasteiger partial charge on any atom is 0.248 e. The number of hydrogen-bond acceptors (Lipinski definition) is 4.